The van der Waals surface area contributed by atoms with Crippen LogP contribution in [0.15, 0.2) is 33.7 Å². The summed E-state index contributed by atoms with van der Waals surface area (Å²) in [6, 6.07) is 6.12. The Morgan fingerprint density at radius 3 is 2.39 bits per heavy atom. The zero-order valence-electron chi connectivity index (χ0n) is 16.6. The Kier molecular flexibility index (Phi) is 7.03. The van der Waals surface area contributed by atoms with Gasteiger partial charge in [-0.15, -0.1) is 0 Å². The van der Waals surface area contributed by atoms with Crippen LogP contribution in [0.1, 0.15) is 18.4 Å². The topological polar surface area (TPSA) is 111 Å². The van der Waals surface area contributed by atoms with E-state index in [0.717, 1.165) is 5.75 Å². The van der Waals surface area contributed by atoms with Crippen molar-refractivity contribution < 1.29 is 27.2 Å². The maximum atomic E-state index is 12.5. The number of aromatic nitrogens is 1. The van der Waals surface area contributed by atoms with Gasteiger partial charge in [0.2, 0.25) is 15.9 Å². The lowest BCUT2D eigenvalue weighted by molar-refractivity contribution is -0.131. The first-order valence-electron chi connectivity index (χ1n) is 8.62. The van der Waals surface area contributed by atoms with Gasteiger partial charge in [-0.2, -0.15) is 4.72 Å². The van der Waals surface area contributed by atoms with Crippen LogP contribution in [-0.2, 0) is 14.8 Å². The summed E-state index contributed by atoms with van der Waals surface area (Å²) >= 11 is 0. The first kappa shape index (κ1) is 21.7. The third-order valence-electron chi connectivity index (χ3n) is 4.07. The van der Waals surface area contributed by atoms with Crippen LogP contribution < -0.4 is 14.2 Å². The summed E-state index contributed by atoms with van der Waals surface area (Å²) in [5.41, 5.74) is 0.242. The monoisotopic (exact) mass is 411 g/mol. The largest absolute Gasteiger partial charge is 0.497 e. The molecule has 9 nitrogen and oxygen atoms in total. The molecule has 2 aromatic rings. The lowest BCUT2D eigenvalue weighted by Crippen LogP contribution is -2.46. The summed E-state index contributed by atoms with van der Waals surface area (Å²) in [6.45, 7) is 5.07. The maximum absolute atomic E-state index is 12.5. The minimum Gasteiger partial charge on any atom is -0.497 e. The van der Waals surface area contributed by atoms with E-state index in [1.54, 1.807) is 38.4 Å². The molecule has 0 bridgehead atoms. The number of benzene rings is 1. The molecule has 0 radical (unpaired) electrons. The fraction of sp³-hybridized carbons (Fsp3) is 0.444. The average Bonchev–Trinajstić information content (AvgIpc) is 3.00. The Morgan fingerprint density at radius 2 is 1.86 bits per heavy atom. The number of hydrogen-bond donors (Lipinski definition) is 1. The molecule has 0 unspecified atom stereocenters. The Bertz CT molecular complexity index is 888. The van der Waals surface area contributed by atoms with Gasteiger partial charge in [0.1, 0.15) is 28.7 Å². The van der Waals surface area contributed by atoms with Gasteiger partial charge in [-0.1, -0.05) is 5.16 Å². The van der Waals surface area contributed by atoms with Crippen LogP contribution in [-0.4, -0.2) is 57.7 Å². The molecule has 1 aromatic carbocycles. The first-order valence-corrected chi connectivity index (χ1v) is 10.1. The van der Waals surface area contributed by atoms with Gasteiger partial charge in [0.25, 0.3) is 0 Å². The molecule has 0 spiro atoms. The number of nitrogens with one attached hydrogen (secondary N) is 1. The minimum atomic E-state index is -3.92. The summed E-state index contributed by atoms with van der Waals surface area (Å²) in [4.78, 5) is 13.8. The Balaban J connectivity index is 1.89. The van der Waals surface area contributed by atoms with Crippen molar-refractivity contribution >= 4 is 15.9 Å². The summed E-state index contributed by atoms with van der Waals surface area (Å²) < 4.78 is 42.9. The molecular weight excluding hydrogens is 386 g/mol. The Labute approximate surface area is 164 Å². The second kappa shape index (κ2) is 9.07. The van der Waals surface area contributed by atoms with Gasteiger partial charge in [0, 0.05) is 7.05 Å². The number of sulfonamides is 1. The van der Waals surface area contributed by atoms with E-state index in [0.29, 0.717) is 12.3 Å². The standard InChI is InChI=1S/C18H25N3O6S/c1-12-17(14(3)27-19-12)28(23,24)20-13(2)18(22)21(4)10-11-26-16-8-6-15(25-5)7-9-16/h6-9,13,20H,10-11H2,1-5H3/t13-/m0/s1. The van der Waals surface area contributed by atoms with Gasteiger partial charge in [-0.05, 0) is 45.0 Å². The molecule has 154 valence electrons. The SMILES string of the molecule is COc1ccc(OCCN(C)C(=O)[C@H](C)NS(=O)(=O)c2c(C)noc2C)cc1. The number of ether oxygens (including phenoxy) is 2. The third kappa shape index (κ3) is 5.23. The van der Waals surface area contributed by atoms with E-state index in [1.165, 1.54) is 25.7 Å². The second-order valence-corrected chi connectivity index (χ2v) is 7.93. The molecule has 0 aliphatic rings. The van der Waals surface area contributed by atoms with Crippen molar-refractivity contribution in [2.24, 2.45) is 0 Å². The molecule has 1 amide bonds. The van der Waals surface area contributed by atoms with Gasteiger partial charge in [-0.25, -0.2) is 8.42 Å². The molecule has 0 saturated heterocycles. The van der Waals surface area contributed by atoms with Crippen LogP contribution in [0.2, 0.25) is 0 Å². The number of likely N-dealkylation sites (N-methyl/N-ethyl adjacent to an activating group) is 1. The van der Waals surface area contributed by atoms with Crippen LogP contribution in [0.3, 0.4) is 0 Å². The van der Waals surface area contributed by atoms with Crippen LogP contribution in [0, 0.1) is 13.8 Å². The Morgan fingerprint density at radius 1 is 1.25 bits per heavy atom. The second-order valence-electron chi connectivity index (χ2n) is 6.28. The molecule has 2 rings (SSSR count). The number of carbonyl (C=O) groups is 1. The van der Waals surface area contributed by atoms with Crippen LogP contribution in [0.4, 0.5) is 0 Å². The molecule has 0 aliphatic heterocycles. The Hall–Kier alpha value is -2.59. The smallest absolute Gasteiger partial charge is 0.246 e. The predicted octanol–water partition coefficient (Wildman–Crippen LogP) is 1.50. The molecule has 1 atom stereocenters. The number of methoxy groups -OCH3 is 1. The lowest BCUT2D eigenvalue weighted by atomic mass is 10.3. The number of amides is 1. The summed E-state index contributed by atoms with van der Waals surface area (Å²) in [5, 5.41) is 3.64. The first-order chi connectivity index (χ1) is 13.2. The minimum absolute atomic E-state index is 0.0438. The van der Waals surface area contributed by atoms with E-state index in [2.05, 4.69) is 9.88 Å². The number of hydrogen-bond acceptors (Lipinski definition) is 7. The molecule has 1 heterocycles. The number of aryl methyl sites for hydroxylation is 2. The fourth-order valence-electron chi connectivity index (χ4n) is 2.61. The van der Waals surface area contributed by atoms with Crippen LogP contribution in [0.25, 0.3) is 0 Å². The summed E-state index contributed by atoms with van der Waals surface area (Å²) in [7, 11) is -0.758. The van der Waals surface area contributed by atoms with Crippen molar-refractivity contribution in [3.05, 3.63) is 35.7 Å². The zero-order chi connectivity index (χ0) is 20.9. The predicted molar refractivity (Wildman–Crippen MR) is 102 cm³/mol. The highest BCUT2D eigenvalue weighted by Gasteiger charge is 2.29. The molecule has 0 fully saturated rings. The van der Waals surface area contributed by atoms with E-state index < -0.39 is 16.1 Å². The van der Waals surface area contributed by atoms with Crippen molar-refractivity contribution in [1.29, 1.82) is 0 Å². The summed E-state index contributed by atoms with van der Waals surface area (Å²) in [6.07, 6.45) is 0. The van der Waals surface area contributed by atoms with Crippen molar-refractivity contribution in [2.75, 3.05) is 27.3 Å². The fourth-order valence-corrected chi connectivity index (χ4v) is 4.14. The van der Waals surface area contributed by atoms with Gasteiger partial charge in [0.15, 0.2) is 5.76 Å². The van der Waals surface area contributed by atoms with Gasteiger partial charge >= 0.3 is 0 Å². The summed E-state index contributed by atoms with van der Waals surface area (Å²) in [5.74, 6) is 1.16. The molecule has 0 saturated carbocycles. The number of rotatable bonds is 9. The highest BCUT2D eigenvalue weighted by Crippen LogP contribution is 2.19. The van der Waals surface area contributed by atoms with E-state index in [1.807, 2.05) is 0 Å². The maximum Gasteiger partial charge on any atom is 0.246 e. The van der Waals surface area contributed by atoms with Crippen molar-refractivity contribution in [3.63, 3.8) is 0 Å². The highest BCUT2D eigenvalue weighted by atomic mass is 32.2. The highest BCUT2D eigenvalue weighted by molar-refractivity contribution is 7.89. The van der Waals surface area contributed by atoms with Crippen LogP contribution >= 0.6 is 0 Å². The quantitative estimate of drug-likeness (QED) is 0.666. The molecule has 1 N–H and O–H groups in total. The third-order valence-corrected chi connectivity index (χ3v) is 5.85. The molecule has 10 heteroatoms. The van der Waals surface area contributed by atoms with Crippen molar-refractivity contribution in [2.45, 2.75) is 31.7 Å². The number of nitrogens with zero attached hydrogens (tertiary/aromatic N) is 2. The van der Waals surface area contributed by atoms with E-state index in [-0.39, 0.29) is 28.9 Å². The average molecular weight is 411 g/mol. The van der Waals surface area contributed by atoms with Crippen molar-refractivity contribution in [1.82, 2.24) is 14.8 Å². The normalized spacial score (nSPS) is 12.5. The van der Waals surface area contributed by atoms with Crippen LogP contribution in [0.5, 0.6) is 11.5 Å². The van der Waals surface area contributed by atoms with Crippen molar-refractivity contribution in [3.8, 4) is 11.5 Å². The molecule has 0 aliphatic carbocycles. The lowest BCUT2D eigenvalue weighted by Gasteiger charge is -2.22. The molecular formula is C18H25N3O6S. The zero-order valence-corrected chi connectivity index (χ0v) is 17.4. The number of carbonyl (C=O) groups excluding carboxylic acids is 1. The molecule has 1 aromatic heterocycles. The van der Waals surface area contributed by atoms with E-state index in [4.69, 9.17) is 14.0 Å². The van der Waals surface area contributed by atoms with Gasteiger partial charge in [0.05, 0.1) is 19.7 Å². The molecule has 28 heavy (non-hydrogen) atoms. The van der Waals surface area contributed by atoms with Gasteiger partial charge in [-0.3, -0.25) is 4.79 Å². The van der Waals surface area contributed by atoms with Gasteiger partial charge < -0.3 is 18.9 Å². The van der Waals surface area contributed by atoms with E-state index in [9.17, 15) is 13.2 Å². The van der Waals surface area contributed by atoms with E-state index >= 15 is 0 Å².